The number of rotatable bonds is 78. The van der Waals surface area contributed by atoms with Gasteiger partial charge in [0, 0.05) is 6.42 Å². The number of hydrogen-bond acceptors (Lipinski definition) is 8. The van der Waals surface area contributed by atoms with Crippen LogP contribution in [0.2, 0.25) is 0 Å². The van der Waals surface area contributed by atoms with Gasteiger partial charge in [-0.3, -0.25) is 4.79 Å². The second-order valence-corrected chi connectivity index (χ2v) is 30.3. The number of hydrogen-bond donors (Lipinski definition) is 6. The van der Waals surface area contributed by atoms with Crippen LogP contribution in [0.5, 0.6) is 0 Å². The van der Waals surface area contributed by atoms with Gasteiger partial charge in [0.2, 0.25) is 5.91 Å². The SMILES string of the molecule is CCCCCCCCCC/C=C\CCCCCCCCCCCCCCCCCCCCCCCCCCCCCCCC(=O)NC(COC1OC(CO)C(O)C(O)C1O)C(O)CCCCCCCCCCCCCCCCCCCCCCCCCCCCCCCC. The number of aliphatic hydroxyl groups is 5. The molecule has 0 saturated carbocycles. The molecule has 9 nitrogen and oxygen atoms in total. The largest absolute Gasteiger partial charge is 0.394 e. The summed E-state index contributed by atoms with van der Waals surface area (Å²) < 4.78 is 11.4. The van der Waals surface area contributed by atoms with Crippen molar-refractivity contribution in [1.29, 1.82) is 0 Å². The first kappa shape index (κ1) is 90.9. The number of carbonyl (C=O) groups is 1. The quantitative estimate of drug-likeness (QED) is 0.0261. The summed E-state index contributed by atoms with van der Waals surface area (Å²) in [4.78, 5) is 13.2. The minimum atomic E-state index is -1.55. The second kappa shape index (κ2) is 74.6. The molecule has 0 spiro atoms. The molecule has 0 aromatic rings. The number of unbranched alkanes of at least 4 members (excludes halogenated alkanes) is 66. The molecule has 0 aromatic carbocycles. The Morgan fingerprint density at radius 2 is 0.596 bits per heavy atom. The normalized spacial score (nSPS) is 17.5. The zero-order chi connectivity index (χ0) is 67.8. The molecule has 1 rings (SSSR count). The Balaban J connectivity index is 2.00. The summed E-state index contributed by atoms with van der Waals surface area (Å²) in [5, 5.41) is 55.2. The van der Waals surface area contributed by atoms with E-state index in [4.69, 9.17) is 9.47 Å². The van der Waals surface area contributed by atoms with E-state index in [1.807, 2.05) is 0 Å². The highest BCUT2D eigenvalue weighted by atomic mass is 16.7. The Morgan fingerprint density at radius 3 is 0.862 bits per heavy atom. The molecule has 0 aromatic heterocycles. The van der Waals surface area contributed by atoms with Crippen LogP contribution in [-0.2, 0) is 14.3 Å². The Bertz CT molecular complexity index is 1500. The van der Waals surface area contributed by atoms with Crippen LogP contribution in [-0.4, -0.2) is 87.5 Å². The molecule has 0 bridgehead atoms. The number of allylic oxidation sites excluding steroid dienone is 2. The maximum Gasteiger partial charge on any atom is 0.220 e. The van der Waals surface area contributed by atoms with Crippen molar-refractivity contribution in [3.63, 3.8) is 0 Å². The Kier molecular flexibility index (Phi) is 72.2. The van der Waals surface area contributed by atoms with Gasteiger partial charge in [-0.1, -0.05) is 437 Å². The third-order valence-corrected chi connectivity index (χ3v) is 21.1. The van der Waals surface area contributed by atoms with Crippen molar-refractivity contribution < 1.29 is 39.8 Å². The van der Waals surface area contributed by atoms with Gasteiger partial charge in [0.05, 0.1) is 25.4 Å². The van der Waals surface area contributed by atoms with Gasteiger partial charge < -0.3 is 40.3 Å². The molecule has 560 valence electrons. The molecular weight excluding hydrogens is 1160 g/mol. The standard InChI is InChI=1S/C85H167NO8/c1-3-5-7-9-11-13-15-17-19-21-23-25-27-29-31-33-35-36-37-38-39-40-41-42-43-44-45-47-49-51-53-55-57-59-61-63-65-67-69-71-73-75-81(89)86-78(77-93-85-84(92)83(91)82(90)80(76-87)94-85)79(88)74-72-70-68-66-64-62-60-58-56-54-52-50-48-46-34-32-30-28-26-24-22-20-18-16-14-12-10-8-6-4-2/h21,23,78-80,82-85,87-88,90-92H,3-20,22,24-77H2,1-2H3,(H,86,89)/b23-21-. The predicted octanol–water partition coefficient (Wildman–Crippen LogP) is 24.9. The van der Waals surface area contributed by atoms with Crippen molar-refractivity contribution in [2.45, 2.75) is 513 Å². The van der Waals surface area contributed by atoms with Crippen molar-refractivity contribution >= 4 is 5.91 Å². The highest BCUT2D eigenvalue weighted by Gasteiger charge is 2.44. The summed E-state index contributed by atoms with van der Waals surface area (Å²) in [6, 6.07) is -0.717. The van der Waals surface area contributed by atoms with E-state index in [0.29, 0.717) is 12.8 Å². The van der Waals surface area contributed by atoms with Crippen molar-refractivity contribution in [3.05, 3.63) is 12.2 Å². The first-order valence-electron chi connectivity index (χ1n) is 42.9. The molecule has 1 heterocycles. The summed E-state index contributed by atoms with van der Waals surface area (Å²) in [5.74, 6) is -0.131. The summed E-state index contributed by atoms with van der Waals surface area (Å²) in [7, 11) is 0. The average molecular weight is 1330 g/mol. The first-order valence-corrected chi connectivity index (χ1v) is 42.9. The summed E-state index contributed by atoms with van der Waals surface area (Å²) in [6.07, 6.45) is 92.2. The van der Waals surface area contributed by atoms with Crippen LogP contribution in [0.3, 0.4) is 0 Å². The maximum absolute atomic E-state index is 13.2. The molecule has 9 heteroatoms. The topological polar surface area (TPSA) is 149 Å². The number of ether oxygens (including phenoxy) is 2. The molecule has 1 saturated heterocycles. The molecule has 1 aliphatic rings. The zero-order valence-corrected chi connectivity index (χ0v) is 63.3. The molecule has 94 heavy (non-hydrogen) atoms. The first-order chi connectivity index (χ1) is 46.3. The van der Waals surface area contributed by atoms with E-state index in [2.05, 4.69) is 31.3 Å². The van der Waals surface area contributed by atoms with Gasteiger partial charge in [-0.25, -0.2) is 0 Å². The fourth-order valence-corrected chi connectivity index (χ4v) is 14.5. The molecular formula is C85H167NO8. The monoisotopic (exact) mass is 1330 g/mol. The lowest BCUT2D eigenvalue weighted by molar-refractivity contribution is -0.302. The van der Waals surface area contributed by atoms with E-state index in [0.717, 1.165) is 38.5 Å². The Hall–Kier alpha value is -1.07. The van der Waals surface area contributed by atoms with Crippen LogP contribution in [0.15, 0.2) is 12.2 Å². The van der Waals surface area contributed by atoms with Crippen molar-refractivity contribution in [2.75, 3.05) is 13.2 Å². The smallest absolute Gasteiger partial charge is 0.220 e. The average Bonchev–Trinajstić information content (AvgIpc) is 0.831. The Morgan fingerprint density at radius 1 is 0.351 bits per heavy atom. The number of carbonyl (C=O) groups excluding carboxylic acids is 1. The summed E-state index contributed by atoms with van der Waals surface area (Å²) in [6.45, 7) is 3.92. The van der Waals surface area contributed by atoms with Crippen LogP contribution < -0.4 is 5.32 Å². The van der Waals surface area contributed by atoms with Crippen molar-refractivity contribution in [3.8, 4) is 0 Å². The predicted molar refractivity (Wildman–Crippen MR) is 406 cm³/mol. The van der Waals surface area contributed by atoms with Crippen LogP contribution >= 0.6 is 0 Å². The van der Waals surface area contributed by atoms with E-state index in [-0.39, 0.29) is 12.5 Å². The fourth-order valence-electron chi connectivity index (χ4n) is 14.5. The molecule has 0 radical (unpaired) electrons. The van der Waals surface area contributed by atoms with Crippen molar-refractivity contribution in [2.24, 2.45) is 0 Å². The van der Waals surface area contributed by atoms with E-state index in [1.165, 1.54) is 405 Å². The van der Waals surface area contributed by atoms with E-state index in [1.54, 1.807) is 0 Å². The molecule has 6 N–H and O–H groups in total. The Labute approximate surface area is 586 Å². The summed E-state index contributed by atoms with van der Waals surface area (Å²) in [5.41, 5.74) is 0. The van der Waals surface area contributed by atoms with Crippen LogP contribution in [0, 0.1) is 0 Å². The van der Waals surface area contributed by atoms with Gasteiger partial charge in [-0.2, -0.15) is 0 Å². The minimum Gasteiger partial charge on any atom is -0.394 e. The number of aliphatic hydroxyl groups excluding tert-OH is 5. The lowest BCUT2D eigenvalue weighted by Crippen LogP contribution is -2.60. The molecule has 1 aliphatic heterocycles. The highest BCUT2D eigenvalue weighted by molar-refractivity contribution is 5.76. The molecule has 0 aliphatic carbocycles. The van der Waals surface area contributed by atoms with E-state index in [9.17, 15) is 30.3 Å². The number of amides is 1. The minimum absolute atomic E-state index is 0.131. The lowest BCUT2D eigenvalue weighted by Gasteiger charge is -2.40. The second-order valence-electron chi connectivity index (χ2n) is 30.3. The third kappa shape index (κ3) is 62.0. The van der Waals surface area contributed by atoms with Gasteiger partial charge in [0.25, 0.3) is 0 Å². The van der Waals surface area contributed by atoms with Crippen LogP contribution in [0.25, 0.3) is 0 Å². The molecule has 1 fully saturated rings. The fraction of sp³-hybridized carbons (Fsp3) is 0.965. The summed E-state index contributed by atoms with van der Waals surface area (Å²) >= 11 is 0. The van der Waals surface area contributed by atoms with E-state index >= 15 is 0 Å². The van der Waals surface area contributed by atoms with E-state index < -0.39 is 49.5 Å². The van der Waals surface area contributed by atoms with Gasteiger partial charge in [0.15, 0.2) is 6.29 Å². The third-order valence-electron chi connectivity index (χ3n) is 21.1. The lowest BCUT2D eigenvalue weighted by atomic mass is 9.99. The molecule has 7 atom stereocenters. The van der Waals surface area contributed by atoms with Gasteiger partial charge >= 0.3 is 0 Å². The van der Waals surface area contributed by atoms with Crippen molar-refractivity contribution in [1.82, 2.24) is 5.32 Å². The van der Waals surface area contributed by atoms with Gasteiger partial charge in [-0.15, -0.1) is 0 Å². The van der Waals surface area contributed by atoms with Crippen LogP contribution in [0.1, 0.15) is 470 Å². The molecule has 1 amide bonds. The highest BCUT2D eigenvalue weighted by Crippen LogP contribution is 2.25. The van der Waals surface area contributed by atoms with Crippen LogP contribution in [0.4, 0.5) is 0 Å². The molecule has 7 unspecified atom stereocenters. The number of nitrogens with one attached hydrogen (secondary N) is 1. The van der Waals surface area contributed by atoms with Gasteiger partial charge in [0.1, 0.15) is 24.4 Å². The zero-order valence-electron chi connectivity index (χ0n) is 63.3. The maximum atomic E-state index is 13.2. The van der Waals surface area contributed by atoms with Gasteiger partial charge in [-0.05, 0) is 38.5 Å².